The molecule has 0 aromatic heterocycles. The lowest BCUT2D eigenvalue weighted by Crippen LogP contribution is -2.48. The minimum absolute atomic E-state index is 0.0608. The monoisotopic (exact) mass is 255 g/mol. The van der Waals surface area contributed by atoms with Crippen molar-refractivity contribution in [3.05, 3.63) is 23.4 Å². The van der Waals surface area contributed by atoms with Crippen LogP contribution in [0.1, 0.15) is 0 Å². The highest BCUT2D eigenvalue weighted by Gasteiger charge is 2.19. The van der Waals surface area contributed by atoms with Crippen LogP contribution in [0.5, 0.6) is 0 Å². The number of carbonyl (C=O) groups is 1. The third-order valence-corrected chi connectivity index (χ3v) is 3.31. The molecule has 1 saturated heterocycles. The fraction of sp³-hybridized carbons (Fsp3) is 0.545. The lowest BCUT2D eigenvalue weighted by Gasteiger charge is -2.32. The van der Waals surface area contributed by atoms with Gasteiger partial charge in [0.05, 0.1) is 0 Å². The molecule has 0 radical (unpaired) electrons. The molecule has 2 aliphatic heterocycles. The van der Waals surface area contributed by atoms with E-state index in [-0.39, 0.29) is 12.5 Å². The second-order valence-corrected chi connectivity index (χ2v) is 4.80. The Kier molecular flexibility index (Phi) is 4.33. The normalized spacial score (nSPS) is 20.8. The highest BCUT2D eigenvalue weighted by Crippen LogP contribution is 2.10. The molecule has 2 aliphatic rings. The van der Waals surface area contributed by atoms with Crippen molar-refractivity contribution >= 4 is 17.9 Å². The van der Waals surface area contributed by atoms with Crippen LogP contribution >= 0.6 is 11.9 Å². The van der Waals surface area contributed by atoms with Crippen LogP contribution < -0.4 is 4.72 Å². The minimum Gasteiger partial charge on any atom is -0.482 e. The summed E-state index contributed by atoms with van der Waals surface area (Å²) >= 11 is 1.47. The Balaban J connectivity index is 1.73. The molecule has 1 fully saturated rings. The molecule has 0 aromatic rings. The Morgan fingerprint density at radius 2 is 2.24 bits per heavy atom. The van der Waals surface area contributed by atoms with Gasteiger partial charge in [-0.15, -0.1) is 0 Å². The summed E-state index contributed by atoms with van der Waals surface area (Å²) < 4.78 is 8.37. The molecule has 17 heavy (non-hydrogen) atoms. The zero-order valence-corrected chi connectivity index (χ0v) is 10.7. The molecule has 1 amide bonds. The van der Waals surface area contributed by atoms with Crippen molar-refractivity contribution in [3.8, 4) is 0 Å². The maximum atomic E-state index is 11.9. The van der Waals surface area contributed by atoms with Crippen molar-refractivity contribution in [2.75, 3.05) is 39.8 Å². The van der Waals surface area contributed by atoms with Gasteiger partial charge in [-0.1, -0.05) is 0 Å². The smallest absolute Gasteiger partial charge is 0.260 e. The summed E-state index contributed by atoms with van der Waals surface area (Å²) in [5, 5.41) is 1.88. The van der Waals surface area contributed by atoms with E-state index in [1.165, 1.54) is 11.9 Å². The van der Waals surface area contributed by atoms with E-state index in [0.717, 1.165) is 26.2 Å². The number of allylic oxidation sites excluding steroid dienone is 1. The Labute approximate surface area is 106 Å². The lowest BCUT2D eigenvalue weighted by atomic mass is 10.3. The van der Waals surface area contributed by atoms with Gasteiger partial charge < -0.3 is 19.3 Å². The average molecular weight is 255 g/mol. The molecule has 6 heteroatoms. The van der Waals surface area contributed by atoms with Gasteiger partial charge in [0.15, 0.2) is 6.61 Å². The molecule has 0 bridgehead atoms. The lowest BCUT2D eigenvalue weighted by molar-refractivity contribution is -0.136. The van der Waals surface area contributed by atoms with Crippen molar-refractivity contribution in [3.63, 3.8) is 0 Å². The Bertz CT molecular complexity index is 336. The van der Waals surface area contributed by atoms with Gasteiger partial charge in [0.1, 0.15) is 5.76 Å². The first-order chi connectivity index (χ1) is 8.25. The molecule has 0 atom stereocenters. The van der Waals surface area contributed by atoms with Gasteiger partial charge in [-0.25, -0.2) is 0 Å². The fourth-order valence-corrected chi connectivity index (χ4v) is 2.13. The molecule has 0 aliphatic carbocycles. The van der Waals surface area contributed by atoms with Crippen LogP contribution in [-0.2, 0) is 9.53 Å². The fourth-order valence-electron chi connectivity index (χ4n) is 1.66. The molecule has 0 saturated carbocycles. The number of nitrogens with one attached hydrogen (secondary N) is 1. The summed E-state index contributed by atoms with van der Waals surface area (Å²) in [6.45, 7) is 3.58. The maximum Gasteiger partial charge on any atom is 0.260 e. The van der Waals surface area contributed by atoms with E-state index in [0.29, 0.717) is 5.76 Å². The van der Waals surface area contributed by atoms with Crippen molar-refractivity contribution < 1.29 is 9.53 Å². The van der Waals surface area contributed by atoms with Crippen LogP contribution in [-0.4, -0.2) is 55.5 Å². The van der Waals surface area contributed by atoms with E-state index in [1.807, 2.05) is 16.4 Å². The molecule has 1 N–H and O–H groups in total. The van der Waals surface area contributed by atoms with Crippen LogP contribution in [0, 0.1) is 0 Å². The van der Waals surface area contributed by atoms with Gasteiger partial charge in [-0.05, 0) is 30.5 Å². The summed E-state index contributed by atoms with van der Waals surface area (Å²) in [7, 11) is 2.07. The molecule has 94 valence electrons. The first-order valence-electron chi connectivity index (χ1n) is 5.63. The van der Waals surface area contributed by atoms with E-state index < -0.39 is 0 Å². The maximum absolute atomic E-state index is 11.9. The van der Waals surface area contributed by atoms with Gasteiger partial charge in [-0.3, -0.25) is 4.79 Å². The van der Waals surface area contributed by atoms with E-state index in [1.54, 1.807) is 6.20 Å². The van der Waals surface area contributed by atoms with Gasteiger partial charge >= 0.3 is 0 Å². The van der Waals surface area contributed by atoms with Gasteiger partial charge in [-0.2, -0.15) is 0 Å². The zero-order chi connectivity index (χ0) is 12.1. The summed E-state index contributed by atoms with van der Waals surface area (Å²) in [4.78, 5) is 15.9. The van der Waals surface area contributed by atoms with Crippen LogP contribution in [0.2, 0.25) is 0 Å². The average Bonchev–Trinajstić information content (AvgIpc) is 2.38. The summed E-state index contributed by atoms with van der Waals surface area (Å²) in [6.07, 6.45) is 3.60. The Morgan fingerprint density at radius 1 is 1.47 bits per heavy atom. The van der Waals surface area contributed by atoms with E-state index in [9.17, 15) is 4.79 Å². The summed E-state index contributed by atoms with van der Waals surface area (Å²) in [5.41, 5.74) is 0. The number of hydrogen-bond acceptors (Lipinski definition) is 5. The second kappa shape index (κ2) is 5.97. The van der Waals surface area contributed by atoms with Gasteiger partial charge in [0.25, 0.3) is 5.91 Å². The van der Waals surface area contributed by atoms with Gasteiger partial charge in [0, 0.05) is 32.4 Å². The highest BCUT2D eigenvalue weighted by molar-refractivity contribution is 8.00. The van der Waals surface area contributed by atoms with E-state index >= 15 is 0 Å². The van der Waals surface area contributed by atoms with Crippen LogP contribution in [0.4, 0.5) is 0 Å². The third-order valence-electron chi connectivity index (χ3n) is 2.79. The summed E-state index contributed by atoms with van der Waals surface area (Å²) in [6, 6.07) is 0. The third kappa shape index (κ3) is 3.67. The largest absolute Gasteiger partial charge is 0.482 e. The molecular formula is C11H17N3O2S. The number of likely N-dealkylation sites (N-methyl/N-ethyl adjacent to an activating group) is 1. The van der Waals surface area contributed by atoms with Crippen molar-refractivity contribution in [2.45, 2.75) is 0 Å². The second-order valence-electron chi connectivity index (χ2n) is 4.06. The number of rotatable bonds is 3. The Morgan fingerprint density at radius 3 is 2.88 bits per heavy atom. The zero-order valence-electron chi connectivity index (χ0n) is 9.89. The number of ether oxygens (including phenoxy) is 1. The molecule has 0 unspecified atom stereocenters. The van der Waals surface area contributed by atoms with Gasteiger partial charge in [0.2, 0.25) is 0 Å². The Hall–Kier alpha value is -1.14. The standard InChI is InChI=1S/C11H17N3O2S/c1-13-3-5-14(6-4-13)11(15)9-16-10-2-7-17-12-8-10/h2,7-8,12H,3-6,9H2,1H3. The number of amides is 1. The first-order valence-corrected chi connectivity index (χ1v) is 6.51. The first kappa shape index (κ1) is 12.3. The van der Waals surface area contributed by atoms with Crippen molar-refractivity contribution in [1.29, 1.82) is 0 Å². The predicted octanol–water partition coefficient (Wildman–Crippen LogP) is 0.383. The highest BCUT2D eigenvalue weighted by atomic mass is 32.2. The quantitative estimate of drug-likeness (QED) is 0.739. The van der Waals surface area contributed by atoms with Crippen LogP contribution in [0.25, 0.3) is 0 Å². The van der Waals surface area contributed by atoms with Crippen LogP contribution in [0.15, 0.2) is 23.4 Å². The SMILES string of the molecule is CN1CCN(C(=O)COC2=CNSC=C2)CC1. The van der Waals surface area contributed by atoms with Crippen molar-refractivity contribution in [2.24, 2.45) is 0 Å². The molecular weight excluding hydrogens is 238 g/mol. The predicted molar refractivity (Wildman–Crippen MR) is 68.0 cm³/mol. The molecule has 0 spiro atoms. The van der Waals surface area contributed by atoms with E-state index in [2.05, 4.69) is 16.7 Å². The molecule has 2 heterocycles. The summed E-state index contributed by atoms with van der Waals surface area (Å²) in [5.74, 6) is 0.761. The topological polar surface area (TPSA) is 44.8 Å². The minimum atomic E-state index is 0.0608. The number of carbonyl (C=O) groups excluding carboxylic acids is 1. The number of hydrogen-bond donors (Lipinski definition) is 1. The van der Waals surface area contributed by atoms with Crippen molar-refractivity contribution in [1.82, 2.24) is 14.5 Å². The molecule has 0 aromatic carbocycles. The number of piperazine rings is 1. The van der Waals surface area contributed by atoms with E-state index in [4.69, 9.17) is 4.74 Å². The number of nitrogens with zero attached hydrogens (tertiary/aromatic N) is 2. The molecule has 5 nitrogen and oxygen atoms in total. The molecule has 2 rings (SSSR count). The van der Waals surface area contributed by atoms with Crippen LogP contribution in [0.3, 0.4) is 0 Å².